The molecule has 21 heavy (non-hydrogen) atoms. The Morgan fingerprint density at radius 3 is 2.14 bits per heavy atom. The van der Waals surface area contributed by atoms with Crippen molar-refractivity contribution < 1.29 is 27.5 Å². The topological polar surface area (TPSA) is 75.4 Å². The molecular weight excluding hydrogens is 292 g/mol. The third-order valence-electron chi connectivity index (χ3n) is 2.65. The number of anilines is 3. The van der Waals surface area contributed by atoms with E-state index in [1.807, 2.05) is 5.32 Å². The number of carbonyl (C=O) groups is 1. The van der Waals surface area contributed by atoms with Crippen LogP contribution in [0.5, 0.6) is 0 Å². The molecule has 0 aliphatic carbocycles. The van der Waals surface area contributed by atoms with Crippen LogP contribution in [-0.2, 0) is 0 Å². The van der Waals surface area contributed by atoms with Gasteiger partial charge in [-0.25, -0.2) is 22.4 Å². The van der Waals surface area contributed by atoms with Gasteiger partial charge in [0.25, 0.3) is 0 Å². The molecular formula is C13H8F4N2O2. The lowest BCUT2D eigenvalue weighted by atomic mass is 10.1. The number of nitrogens with one attached hydrogen (secondary N) is 1. The summed E-state index contributed by atoms with van der Waals surface area (Å²) in [6, 6.07) is 3.47. The molecule has 2 aromatic rings. The van der Waals surface area contributed by atoms with Crippen molar-refractivity contribution in [3.63, 3.8) is 0 Å². The lowest BCUT2D eigenvalue weighted by Gasteiger charge is -2.12. The average molecular weight is 300 g/mol. The lowest BCUT2D eigenvalue weighted by molar-refractivity contribution is 0.0698. The second kappa shape index (κ2) is 5.31. The largest absolute Gasteiger partial charge is 0.478 e. The number of nitrogens with two attached hydrogens (primary N) is 1. The van der Waals surface area contributed by atoms with Gasteiger partial charge < -0.3 is 16.2 Å². The molecule has 4 nitrogen and oxygen atoms in total. The second-order valence-electron chi connectivity index (χ2n) is 4.08. The third kappa shape index (κ3) is 2.73. The Bertz CT molecular complexity index is 708. The van der Waals surface area contributed by atoms with E-state index in [4.69, 9.17) is 10.8 Å². The third-order valence-corrected chi connectivity index (χ3v) is 2.65. The Morgan fingerprint density at radius 1 is 1.05 bits per heavy atom. The predicted octanol–water partition coefficient (Wildman–Crippen LogP) is 3.27. The highest BCUT2D eigenvalue weighted by atomic mass is 19.2. The number of carboxylic acid groups (broad SMARTS) is 1. The standard InChI is InChI=1S/C13H8F4N2O2/c14-7-4-8(15)11(17)12(10(7)16)19-9-3-5(18)1-2-6(9)13(20)21/h1-4,19H,18H2,(H,20,21). The van der Waals surface area contributed by atoms with E-state index in [0.717, 1.165) is 12.1 Å². The van der Waals surface area contributed by atoms with Crippen LogP contribution in [0.4, 0.5) is 34.6 Å². The highest BCUT2D eigenvalue weighted by molar-refractivity contribution is 5.96. The molecule has 0 atom stereocenters. The summed E-state index contributed by atoms with van der Waals surface area (Å²) in [5.74, 6) is -7.98. The fourth-order valence-corrected chi connectivity index (χ4v) is 1.67. The van der Waals surface area contributed by atoms with Gasteiger partial charge in [-0.3, -0.25) is 0 Å². The molecule has 2 rings (SSSR count). The zero-order valence-corrected chi connectivity index (χ0v) is 10.3. The quantitative estimate of drug-likeness (QED) is 0.462. The number of hydrogen-bond donors (Lipinski definition) is 3. The maximum absolute atomic E-state index is 13.5. The molecule has 0 aliphatic rings. The van der Waals surface area contributed by atoms with E-state index in [2.05, 4.69) is 0 Å². The maximum Gasteiger partial charge on any atom is 0.337 e. The molecule has 0 aliphatic heterocycles. The molecule has 0 amide bonds. The Labute approximate surface area is 115 Å². The van der Waals surface area contributed by atoms with Crippen molar-refractivity contribution in [2.24, 2.45) is 0 Å². The Balaban J connectivity index is 2.58. The van der Waals surface area contributed by atoms with Gasteiger partial charge in [0.2, 0.25) is 0 Å². The van der Waals surface area contributed by atoms with Gasteiger partial charge >= 0.3 is 5.97 Å². The van der Waals surface area contributed by atoms with Crippen LogP contribution in [0.2, 0.25) is 0 Å². The van der Waals surface area contributed by atoms with Gasteiger partial charge in [0, 0.05) is 11.8 Å². The van der Waals surface area contributed by atoms with E-state index >= 15 is 0 Å². The molecule has 0 bridgehead atoms. The summed E-state index contributed by atoms with van der Waals surface area (Å²) in [6.45, 7) is 0. The summed E-state index contributed by atoms with van der Waals surface area (Å²) in [7, 11) is 0. The zero-order valence-electron chi connectivity index (χ0n) is 10.3. The average Bonchev–Trinajstić information content (AvgIpc) is 2.41. The van der Waals surface area contributed by atoms with Gasteiger partial charge in [-0.15, -0.1) is 0 Å². The fraction of sp³-hybridized carbons (Fsp3) is 0. The van der Waals surface area contributed by atoms with Crippen LogP contribution in [0.1, 0.15) is 10.4 Å². The number of hydrogen-bond acceptors (Lipinski definition) is 3. The molecule has 0 saturated carbocycles. The van der Waals surface area contributed by atoms with Gasteiger partial charge in [0.1, 0.15) is 5.69 Å². The Kier molecular flexibility index (Phi) is 3.70. The minimum Gasteiger partial charge on any atom is -0.478 e. The van der Waals surface area contributed by atoms with Crippen LogP contribution in [-0.4, -0.2) is 11.1 Å². The van der Waals surface area contributed by atoms with Crippen LogP contribution >= 0.6 is 0 Å². The molecule has 2 aromatic carbocycles. The van der Waals surface area contributed by atoms with Crippen LogP contribution < -0.4 is 11.1 Å². The summed E-state index contributed by atoms with van der Waals surface area (Å²) in [5, 5.41) is 11.0. The molecule has 110 valence electrons. The van der Waals surface area contributed by atoms with Crippen molar-refractivity contribution in [1.29, 1.82) is 0 Å². The van der Waals surface area contributed by atoms with Crippen LogP contribution in [0.25, 0.3) is 0 Å². The SMILES string of the molecule is Nc1ccc(C(=O)O)c(Nc2c(F)c(F)cc(F)c2F)c1. The zero-order chi connectivity index (χ0) is 15.7. The van der Waals surface area contributed by atoms with Crippen LogP contribution in [0.15, 0.2) is 24.3 Å². The number of nitrogen functional groups attached to an aromatic ring is 1. The molecule has 0 saturated heterocycles. The summed E-state index contributed by atoms with van der Waals surface area (Å²) < 4.78 is 53.3. The van der Waals surface area contributed by atoms with Gasteiger partial charge in [0.05, 0.1) is 11.3 Å². The number of halogens is 4. The smallest absolute Gasteiger partial charge is 0.337 e. The molecule has 0 fully saturated rings. The lowest BCUT2D eigenvalue weighted by Crippen LogP contribution is -2.07. The van der Waals surface area contributed by atoms with E-state index in [1.54, 1.807) is 0 Å². The number of benzene rings is 2. The van der Waals surface area contributed by atoms with Crippen molar-refractivity contribution in [3.05, 3.63) is 53.1 Å². The van der Waals surface area contributed by atoms with Gasteiger partial charge in [-0.1, -0.05) is 0 Å². The Hall–Kier alpha value is -2.77. The first-order valence-electron chi connectivity index (χ1n) is 5.54. The normalized spacial score (nSPS) is 10.5. The predicted molar refractivity (Wildman–Crippen MR) is 67.4 cm³/mol. The van der Waals surface area contributed by atoms with Gasteiger partial charge in [-0.2, -0.15) is 0 Å². The van der Waals surface area contributed by atoms with Crippen molar-refractivity contribution in [2.75, 3.05) is 11.1 Å². The van der Waals surface area contributed by atoms with E-state index in [9.17, 15) is 22.4 Å². The van der Waals surface area contributed by atoms with Gasteiger partial charge in [0.15, 0.2) is 23.3 Å². The summed E-state index contributed by atoms with van der Waals surface area (Å²) in [6.07, 6.45) is 0. The summed E-state index contributed by atoms with van der Waals surface area (Å²) in [4.78, 5) is 11.0. The minimum absolute atomic E-state index is 0.0489. The van der Waals surface area contributed by atoms with Crippen molar-refractivity contribution in [2.45, 2.75) is 0 Å². The summed E-state index contributed by atoms with van der Waals surface area (Å²) >= 11 is 0. The number of rotatable bonds is 3. The van der Waals surface area contributed by atoms with E-state index in [0.29, 0.717) is 0 Å². The highest BCUT2D eigenvalue weighted by Gasteiger charge is 2.21. The molecule has 0 aromatic heterocycles. The maximum atomic E-state index is 13.5. The van der Waals surface area contributed by atoms with E-state index < -0.39 is 34.9 Å². The highest BCUT2D eigenvalue weighted by Crippen LogP contribution is 2.30. The van der Waals surface area contributed by atoms with Crippen molar-refractivity contribution in [3.8, 4) is 0 Å². The van der Waals surface area contributed by atoms with Gasteiger partial charge in [-0.05, 0) is 18.2 Å². The van der Waals surface area contributed by atoms with E-state index in [-0.39, 0.29) is 23.0 Å². The van der Waals surface area contributed by atoms with Crippen LogP contribution in [0.3, 0.4) is 0 Å². The summed E-state index contributed by atoms with van der Waals surface area (Å²) in [5.41, 5.74) is 3.74. The first kappa shape index (κ1) is 14.6. The molecule has 0 spiro atoms. The molecule has 4 N–H and O–H groups in total. The second-order valence-corrected chi connectivity index (χ2v) is 4.08. The number of carboxylic acids is 1. The molecule has 8 heteroatoms. The Morgan fingerprint density at radius 2 is 1.62 bits per heavy atom. The number of aromatic carboxylic acids is 1. The monoisotopic (exact) mass is 300 g/mol. The van der Waals surface area contributed by atoms with Crippen molar-refractivity contribution in [1.82, 2.24) is 0 Å². The first-order valence-corrected chi connectivity index (χ1v) is 5.54. The minimum atomic E-state index is -1.67. The van der Waals surface area contributed by atoms with E-state index in [1.165, 1.54) is 6.07 Å². The van der Waals surface area contributed by atoms with Crippen LogP contribution in [0, 0.1) is 23.3 Å². The molecule has 0 heterocycles. The molecule has 0 unspecified atom stereocenters. The molecule has 0 radical (unpaired) electrons. The van der Waals surface area contributed by atoms with Crippen molar-refractivity contribution >= 4 is 23.0 Å². The fourth-order valence-electron chi connectivity index (χ4n) is 1.67. The first-order chi connectivity index (χ1) is 9.81.